The van der Waals surface area contributed by atoms with Gasteiger partial charge in [-0.1, -0.05) is 23.4 Å². The van der Waals surface area contributed by atoms with Gasteiger partial charge in [-0.2, -0.15) is 10.4 Å². The summed E-state index contributed by atoms with van der Waals surface area (Å²) in [5.41, 5.74) is 6.62. The van der Waals surface area contributed by atoms with Crippen molar-refractivity contribution < 1.29 is 13.7 Å². The molecule has 0 saturated carbocycles. The molecule has 1 amide bonds. The minimum Gasteiger partial charge on any atom is -0.370 e. The van der Waals surface area contributed by atoms with E-state index in [1.54, 1.807) is 18.2 Å². The zero-order valence-electron chi connectivity index (χ0n) is 23.3. The molecule has 1 spiro atoms. The Labute approximate surface area is 245 Å². The predicted molar refractivity (Wildman–Crippen MR) is 157 cm³/mol. The molecule has 1 aromatic carbocycles. The second-order valence-electron chi connectivity index (χ2n) is 11.1. The molecular weight excluding hydrogens is 555 g/mol. The van der Waals surface area contributed by atoms with Crippen LogP contribution in [0, 0.1) is 29.5 Å². The Morgan fingerprint density at radius 3 is 2.62 bits per heavy atom. The minimum absolute atomic E-state index is 0.0894. The molecule has 0 radical (unpaired) electrons. The molecule has 5 aromatic rings. The van der Waals surface area contributed by atoms with Gasteiger partial charge in [0.1, 0.15) is 28.7 Å². The summed E-state index contributed by atoms with van der Waals surface area (Å²) in [6.07, 6.45) is 2.14. The van der Waals surface area contributed by atoms with Crippen LogP contribution in [0.2, 0.25) is 0 Å². The van der Waals surface area contributed by atoms with Crippen molar-refractivity contribution >= 4 is 39.3 Å². The summed E-state index contributed by atoms with van der Waals surface area (Å²) >= 11 is 1.30. The molecular formula is C30H27FN8O2S. The van der Waals surface area contributed by atoms with Gasteiger partial charge in [-0.15, -0.1) is 0 Å². The number of anilines is 3. The van der Waals surface area contributed by atoms with Crippen molar-refractivity contribution in [3.05, 3.63) is 76.5 Å². The Kier molecular flexibility index (Phi) is 6.02. The number of nitrogens with zero attached hydrogens (tertiary/aromatic N) is 8. The minimum atomic E-state index is -0.335. The van der Waals surface area contributed by atoms with Crippen LogP contribution >= 0.6 is 11.3 Å². The van der Waals surface area contributed by atoms with Crippen molar-refractivity contribution in [1.29, 1.82) is 5.26 Å². The fourth-order valence-electron chi connectivity index (χ4n) is 6.08. The van der Waals surface area contributed by atoms with Crippen molar-refractivity contribution in [2.75, 3.05) is 43.0 Å². The highest BCUT2D eigenvalue weighted by Gasteiger charge is 2.53. The third kappa shape index (κ3) is 4.11. The van der Waals surface area contributed by atoms with Crippen LogP contribution in [-0.4, -0.2) is 63.8 Å². The molecule has 42 heavy (non-hydrogen) atoms. The number of aryl methyl sites for hydroxylation is 2. The van der Waals surface area contributed by atoms with Crippen molar-refractivity contribution in [2.45, 2.75) is 20.3 Å². The maximum atomic E-state index is 13.5. The summed E-state index contributed by atoms with van der Waals surface area (Å²) in [7, 11) is 1.94. The Morgan fingerprint density at radius 2 is 1.95 bits per heavy atom. The van der Waals surface area contributed by atoms with Crippen molar-refractivity contribution in [2.24, 2.45) is 5.41 Å². The number of rotatable bonds is 6. The molecule has 7 rings (SSSR count). The lowest BCUT2D eigenvalue weighted by molar-refractivity contribution is -0.0111. The average Bonchev–Trinajstić information content (AvgIpc) is 3.70. The van der Waals surface area contributed by atoms with E-state index in [-0.39, 0.29) is 17.1 Å². The number of amides is 1. The van der Waals surface area contributed by atoms with Crippen LogP contribution in [-0.2, 0) is 6.42 Å². The number of thiazole rings is 1. The summed E-state index contributed by atoms with van der Waals surface area (Å²) in [5, 5.41) is 19.2. The number of nitriles is 1. The molecule has 6 heterocycles. The van der Waals surface area contributed by atoms with Gasteiger partial charge >= 0.3 is 0 Å². The van der Waals surface area contributed by atoms with Crippen LogP contribution in [0.5, 0.6) is 0 Å². The summed E-state index contributed by atoms with van der Waals surface area (Å²) in [5.74, 6) is -0.425. The van der Waals surface area contributed by atoms with E-state index in [1.807, 2.05) is 28.3 Å². The van der Waals surface area contributed by atoms with Gasteiger partial charge in [0.05, 0.1) is 16.9 Å². The molecule has 0 aliphatic carbocycles. The van der Waals surface area contributed by atoms with Crippen LogP contribution < -0.4 is 9.80 Å². The summed E-state index contributed by atoms with van der Waals surface area (Å²) < 4.78 is 20.3. The number of likely N-dealkylation sites (tertiary alicyclic amines) is 1. The van der Waals surface area contributed by atoms with E-state index in [4.69, 9.17) is 14.6 Å². The van der Waals surface area contributed by atoms with Gasteiger partial charge in [0.25, 0.3) is 5.91 Å². The highest BCUT2D eigenvalue weighted by molar-refractivity contribution is 7.16. The first kappa shape index (κ1) is 26.2. The monoisotopic (exact) mass is 582 g/mol. The van der Waals surface area contributed by atoms with E-state index < -0.39 is 0 Å². The zero-order valence-corrected chi connectivity index (χ0v) is 24.2. The predicted octanol–water partition coefficient (Wildman–Crippen LogP) is 5.06. The number of hydrogen-bond acceptors (Lipinski definition) is 9. The number of carbonyl (C=O) groups excluding carboxylic acids is 1. The van der Waals surface area contributed by atoms with Crippen LogP contribution in [0.1, 0.15) is 33.7 Å². The van der Waals surface area contributed by atoms with Gasteiger partial charge in [0, 0.05) is 61.7 Å². The van der Waals surface area contributed by atoms with Crippen LogP contribution in [0.4, 0.5) is 20.9 Å². The maximum absolute atomic E-state index is 13.5. The molecule has 12 heteroatoms. The topological polar surface area (TPSA) is 107 Å². The highest BCUT2D eigenvalue weighted by atomic mass is 32.1. The molecule has 0 bridgehead atoms. The number of halogens is 1. The third-order valence-electron chi connectivity index (χ3n) is 8.15. The smallest absolute Gasteiger partial charge is 0.276 e. The first-order chi connectivity index (χ1) is 20.3. The lowest BCUT2D eigenvalue weighted by Gasteiger charge is -2.60. The molecule has 2 aliphatic heterocycles. The zero-order chi connectivity index (χ0) is 29.2. The van der Waals surface area contributed by atoms with Crippen molar-refractivity contribution in [3.8, 4) is 17.3 Å². The Balaban J connectivity index is 1.17. The third-order valence-corrected chi connectivity index (χ3v) is 9.18. The molecule has 212 valence electrons. The molecule has 0 N–H and O–H groups in total. The van der Waals surface area contributed by atoms with Gasteiger partial charge < -0.3 is 19.2 Å². The lowest BCUT2D eigenvalue weighted by Crippen LogP contribution is -2.73. The largest absolute Gasteiger partial charge is 0.370 e. The van der Waals surface area contributed by atoms with E-state index in [0.717, 1.165) is 47.8 Å². The molecule has 0 unspecified atom stereocenters. The highest BCUT2D eigenvalue weighted by Crippen LogP contribution is 2.44. The van der Waals surface area contributed by atoms with E-state index in [1.165, 1.54) is 29.7 Å². The van der Waals surface area contributed by atoms with Crippen molar-refractivity contribution in [3.63, 3.8) is 0 Å². The van der Waals surface area contributed by atoms with E-state index >= 15 is 0 Å². The van der Waals surface area contributed by atoms with E-state index in [2.05, 4.69) is 35.2 Å². The number of benzene rings is 1. The molecule has 2 saturated heterocycles. The quantitative estimate of drug-likeness (QED) is 0.274. The maximum Gasteiger partial charge on any atom is 0.276 e. The van der Waals surface area contributed by atoms with Gasteiger partial charge in [-0.3, -0.25) is 4.79 Å². The average molecular weight is 583 g/mol. The first-order valence-corrected chi connectivity index (χ1v) is 14.5. The van der Waals surface area contributed by atoms with E-state index in [9.17, 15) is 14.4 Å². The summed E-state index contributed by atoms with van der Waals surface area (Å²) in [4.78, 5) is 24.0. The van der Waals surface area contributed by atoms with Crippen molar-refractivity contribution in [1.82, 2.24) is 24.7 Å². The molecule has 2 aliphatic rings. The Hall–Kier alpha value is -4.76. The van der Waals surface area contributed by atoms with Gasteiger partial charge in [0.2, 0.25) is 0 Å². The Bertz CT molecular complexity index is 1860. The second-order valence-corrected chi connectivity index (χ2v) is 12.0. The number of hydrogen-bond donors (Lipinski definition) is 0. The number of aromatic nitrogens is 4. The first-order valence-electron chi connectivity index (χ1n) is 13.7. The molecule has 10 nitrogen and oxygen atoms in total. The van der Waals surface area contributed by atoms with Crippen LogP contribution in [0.3, 0.4) is 0 Å². The molecule has 2 fully saturated rings. The standard InChI is InChI=1S/C30H27FN8O2S/c1-4-22-27(36(3)29-33-26(25(13-32)42-29)19-5-7-20(31)8-6-19)24-12-21(11-18(2)39(24)34-22)37-14-30(15-37)16-38(17-30)28(40)23-9-10-41-35-23/h5-12H,4,14-17H2,1-3H3. The van der Waals surface area contributed by atoms with E-state index in [0.29, 0.717) is 40.0 Å². The van der Waals surface area contributed by atoms with Gasteiger partial charge in [-0.05, 0) is 49.7 Å². The number of carbonyl (C=O) groups is 1. The fraction of sp³-hybridized carbons (Fsp3) is 0.300. The summed E-state index contributed by atoms with van der Waals surface area (Å²) in [6.45, 7) is 7.27. The molecule has 0 atom stereocenters. The van der Waals surface area contributed by atoms with Crippen LogP contribution in [0.15, 0.2) is 53.3 Å². The van der Waals surface area contributed by atoms with Gasteiger partial charge in [0.15, 0.2) is 10.8 Å². The lowest BCUT2D eigenvalue weighted by atomic mass is 9.72. The summed E-state index contributed by atoms with van der Waals surface area (Å²) in [6, 6.07) is 14.2. The number of pyridine rings is 1. The van der Waals surface area contributed by atoms with Crippen LogP contribution in [0.25, 0.3) is 16.8 Å². The second kappa shape index (κ2) is 9.66. The fourth-order valence-corrected chi connectivity index (χ4v) is 6.93. The molecule has 4 aromatic heterocycles. The Morgan fingerprint density at radius 1 is 1.19 bits per heavy atom. The van der Waals surface area contributed by atoms with Gasteiger partial charge in [-0.25, -0.2) is 13.9 Å². The SMILES string of the molecule is CCc1nn2c(C)cc(N3CC4(CN(C(=O)c5ccon5)C4)C3)cc2c1N(C)c1nc(-c2ccc(F)cc2)c(C#N)s1. The number of fused-ring (bicyclic) bond motifs is 1. The normalized spacial score (nSPS) is 15.5.